The highest BCUT2D eigenvalue weighted by molar-refractivity contribution is 7.12. The van der Waals surface area contributed by atoms with E-state index in [-0.39, 0.29) is 18.1 Å². The lowest BCUT2D eigenvalue weighted by molar-refractivity contribution is -0.0585. The average Bonchev–Trinajstić information content (AvgIpc) is 2.62. The molecular weight excluding hydrogens is 222 g/mol. The normalized spacial score (nSPS) is 25.8. The van der Waals surface area contributed by atoms with Crippen molar-refractivity contribution in [3.8, 4) is 0 Å². The largest absolute Gasteiger partial charge is 0.372 e. The fourth-order valence-corrected chi connectivity index (χ4v) is 2.97. The van der Waals surface area contributed by atoms with Crippen molar-refractivity contribution >= 4 is 17.2 Å². The summed E-state index contributed by atoms with van der Waals surface area (Å²) < 4.78 is 5.62. The van der Waals surface area contributed by atoms with Crippen LogP contribution in [0.25, 0.3) is 0 Å². The first-order valence-corrected chi connectivity index (χ1v) is 6.44. The number of carbonyl (C=O) groups excluding carboxylic acids is 1. The number of rotatable bonds is 1. The van der Waals surface area contributed by atoms with Gasteiger partial charge in [-0.3, -0.25) is 4.79 Å². The number of ether oxygens (including phenoxy) is 1. The highest BCUT2D eigenvalue weighted by Crippen LogP contribution is 2.20. The summed E-state index contributed by atoms with van der Waals surface area (Å²) in [6, 6.07) is 1.99. The van der Waals surface area contributed by atoms with E-state index in [1.807, 2.05) is 37.1 Å². The molecule has 1 amide bonds. The van der Waals surface area contributed by atoms with Gasteiger partial charge in [0.15, 0.2) is 0 Å². The van der Waals surface area contributed by atoms with Gasteiger partial charge in [-0.25, -0.2) is 0 Å². The maximum atomic E-state index is 12.3. The number of nitrogens with zero attached hydrogens (tertiary/aromatic N) is 1. The molecule has 1 aliphatic heterocycles. The molecule has 3 nitrogen and oxygen atoms in total. The van der Waals surface area contributed by atoms with Crippen LogP contribution in [-0.2, 0) is 4.74 Å². The molecule has 0 aromatic carbocycles. The standard InChI is InChI=1S/C12H17NO2S/c1-8-4-5-16-11(8)12(14)13-6-9(2)15-10(3)7-13/h4-5,9-10H,6-7H2,1-3H3/t9-,10-/m0/s1. The van der Waals surface area contributed by atoms with Crippen molar-refractivity contribution in [2.24, 2.45) is 0 Å². The predicted molar refractivity (Wildman–Crippen MR) is 65.0 cm³/mol. The molecule has 0 saturated carbocycles. The van der Waals surface area contributed by atoms with Crippen LogP contribution in [0.15, 0.2) is 11.4 Å². The van der Waals surface area contributed by atoms with Gasteiger partial charge in [0.25, 0.3) is 5.91 Å². The fraction of sp³-hybridized carbons (Fsp3) is 0.583. The van der Waals surface area contributed by atoms with Crippen molar-refractivity contribution in [3.63, 3.8) is 0 Å². The molecule has 0 aliphatic carbocycles. The van der Waals surface area contributed by atoms with E-state index in [0.717, 1.165) is 10.4 Å². The van der Waals surface area contributed by atoms with Crippen LogP contribution in [0.2, 0.25) is 0 Å². The van der Waals surface area contributed by atoms with E-state index in [1.54, 1.807) is 0 Å². The van der Waals surface area contributed by atoms with Gasteiger partial charge < -0.3 is 9.64 Å². The number of morpholine rings is 1. The van der Waals surface area contributed by atoms with Crippen LogP contribution in [0.4, 0.5) is 0 Å². The van der Waals surface area contributed by atoms with Gasteiger partial charge in [0.2, 0.25) is 0 Å². The van der Waals surface area contributed by atoms with Crippen LogP contribution >= 0.6 is 11.3 Å². The number of hydrogen-bond donors (Lipinski definition) is 0. The zero-order valence-electron chi connectivity index (χ0n) is 9.90. The molecule has 0 spiro atoms. The molecule has 1 aromatic rings. The Labute approximate surface area is 100 Å². The van der Waals surface area contributed by atoms with Crippen LogP contribution in [0.5, 0.6) is 0 Å². The molecule has 0 bridgehead atoms. The third-order valence-corrected chi connectivity index (χ3v) is 3.77. The van der Waals surface area contributed by atoms with Crippen LogP contribution in [0, 0.1) is 6.92 Å². The Balaban J connectivity index is 2.13. The average molecular weight is 239 g/mol. The van der Waals surface area contributed by atoms with E-state index < -0.39 is 0 Å². The smallest absolute Gasteiger partial charge is 0.264 e. The molecule has 0 radical (unpaired) electrons. The maximum Gasteiger partial charge on any atom is 0.264 e. The number of carbonyl (C=O) groups is 1. The molecule has 1 saturated heterocycles. The molecule has 2 rings (SSSR count). The first-order chi connectivity index (χ1) is 7.58. The number of amides is 1. The lowest BCUT2D eigenvalue weighted by atomic mass is 10.2. The second kappa shape index (κ2) is 4.55. The van der Waals surface area contributed by atoms with Gasteiger partial charge in [-0.2, -0.15) is 0 Å². The Kier molecular flexibility index (Phi) is 3.30. The molecular formula is C12H17NO2S. The van der Waals surface area contributed by atoms with Gasteiger partial charge in [-0.15, -0.1) is 11.3 Å². The minimum absolute atomic E-state index is 0.132. The van der Waals surface area contributed by atoms with E-state index in [0.29, 0.717) is 13.1 Å². The Morgan fingerprint density at radius 2 is 2.06 bits per heavy atom. The van der Waals surface area contributed by atoms with Crippen molar-refractivity contribution in [1.29, 1.82) is 0 Å². The lowest BCUT2D eigenvalue weighted by Crippen LogP contribution is -2.48. The number of thiophene rings is 1. The van der Waals surface area contributed by atoms with Gasteiger partial charge in [0, 0.05) is 13.1 Å². The van der Waals surface area contributed by atoms with E-state index in [2.05, 4.69) is 0 Å². The molecule has 0 N–H and O–H groups in total. The molecule has 2 atom stereocenters. The molecule has 0 unspecified atom stereocenters. The molecule has 2 heterocycles. The fourth-order valence-electron chi connectivity index (χ4n) is 2.08. The molecule has 1 aromatic heterocycles. The molecule has 88 valence electrons. The second-order valence-corrected chi connectivity index (χ2v) is 5.32. The van der Waals surface area contributed by atoms with Crippen molar-refractivity contribution in [1.82, 2.24) is 4.90 Å². The Morgan fingerprint density at radius 3 is 2.56 bits per heavy atom. The molecule has 4 heteroatoms. The Hall–Kier alpha value is -0.870. The summed E-state index contributed by atoms with van der Waals surface area (Å²) in [5, 5.41) is 1.97. The highest BCUT2D eigenvalue weighted by Gasteiger charge is 2.27. The summed E-state index contributed by atoms with van der Waals surface area (Å²) in [4.78, 5) is 15.0. The Bertz CT molecular complexity index is 378. The zero-order valence-corrected chi connectivity index (χ0v) is 10.7. The summed E-state index contributed by atoms with van der Waals surface area (Å²) >= 11 is 1.52. The number of aryl methyl sites for hydroxylation is 1. The van der Waals surface area contributed by atoms with Gasteiger partial charge >= 0.3 is 0 Å². The van der Waals surface area contributed by atoms with E-state index in [1.165, 1.54) is 11.3 Å². The highest BCUT2D eigenvalue weighted by atomic mass is 32.1. The van der Waals surface area contributed by atoms with Crippen molar-refractivity contribution in [3.05, 3.63) is 21.9 Å². The minimum Gasteiger partial charge on any atom is -0.372 e. The van der Waals surface area contributed by atoms with Gasteiger partial charge in [0.1, 0.15) is 0 Å². The van der Waals surface area contributed by atoms with E-state index in [4.69, 9.17) is 4.74 Å². The second-order valence-electron chi connectivity index (χ2n) is 4.40. The summed E-state index contributed by atoms with van der Waals surface area (Å²) in [6.07, 6.45) is 0.265. The van der Waals surface area contributed by atoms with Crippen LogP contribution in [0.1, 0.15) is 29.1 Å². The first-order valence-electron chi connectivity index (χ1n) is 5.56. The topological polar surface area (TPSA) is 29.5 Å². The molecule has 1 fully saturated rings. The van der Waals surface area contributed by atoms with Gasteiger partial charge in [0.05, 0.1) is 17.1 Å². The minimum atomic E-state index is 0.132. The predicted octanol–water partition coefficient (Wildman–Crippen LogP) is 2.31. The SMILES string of the molecule is Cc1ccsc1C(=O)N1C[C@H](C)O[C@@H](C)C1. The van der Waals surface area contributed by atoms with Gasteiger partial charge in [-0.1, -0.05) is 0 Å². The third-order valence-electron chi connectivity index (χ3n) is 2.76. The van der Waals surface area contributed by atoms with Crippen LogP contribution in [-0.4, -0.2) is 36.1 Å². The van der Waals surface area contributed by atoms with Crippen LogP contribution < -0.4 is 0 Å². The van der Waals surface area contributed by atoms with E-state index in [9.17, 15) is 4.79 Å². The zero-order chi connectivity index (χ0) is 11.7. The third kappa shape index (κ3) is 2.28. The van der Waals surface area contributed by atoms with Crippen molar-refractivity contribution in [2.75, 3.05) is 13.1 Å². The lowest BCUT2D eigenvalue weighted by Gasteiger charge is -2.35. The molecule has 1 aliphatic rings. The first kappa shape index (κ1) is 11.6. The van der Waals surface area contributed by atoms with Crippen molar-refractivity contribution in [2.45, 2.75) is 33.0 Å². The summed E-state index contributed by atoms with van der Waals surface area (Å²) in [6.45, 7) is 7.40. The molecule has 16 heavy (non-hydrogen) atoms. The van der Waals surface area contributed by atoms with Crippen LogP contribution in [0.3, 0.4) is 0 Å². The maximum absolute atomic E-state index is 12.3. The monoisotopic (exact) mass is 239 g/mol. The quantitative estimate of drug-likeness (QED) is 0.752. The summed E-state index contributed by atoms with van der Waals surface area (Å²) in [5.41, 5.74) is 1.07. The Morgan fingerprint density at radius 1 is 1.44 bits per heavy atom. The summed E-state index contributed by atoms with van der Waals surface area (Å²) in [5.74, 6) is 0.148. The number of hydrogen-bond acceptors (Lipinski definition) is 3. The van der Waals surface area contributed by atoms with Gasteiger partial charge in [-0.05, 0) is 37.8 Å². The van der Waals surface area contributed by atoms with E-state index >= 15 is 0 Å². The van der Waals surface area contributed by atoms with Crippen molar-refractivity contribution < 1.29 is 9.53 Å². The summed E-state index contributed by atoms with van der Waals surface area (Å²) in [7, 11) is 0.